The van der Waals surface area contributed by atoms with Gasteiger partial charge < -0.3 is 0 Å². The lowest BCUT2D eigenvalue weighted by atomic mass is 9.95. The average Bonchev–Trinajstić information content (AvgIpc) is 2.46. The topological polar surface area (TPSA) is 0 Å². The predicted octanol–water partition coefficient (Wildman–Crippen LogP) is 4.95. The third kappa shape index (κ3) is 1.72. The molecule has 3 aromatic rings. The quantitative estimate of drug-likeness (QED) is 0.583. The Kier molecular flexibility index (Phi) is 2.70. The van der Waals surface area contributed by atoms with Crippen molar-refractivity contribution in [1.29, 1.82) is 0 Å². The van der Waals surface area contributed by atoms with Crippen molar-refractivity contribution < 1.29 is 0 Å². The highest BCUT2D eigenvalue weighted by molar-refractivity contribution is 5.98. The summed E-state index contributed by atoms with van der Waals surface area (Å²) in [6.07, 6.45) is 1.66. The number of fused-ring (bicyclic) bond motifs is 1. The van der Waals surface area contributed by atoms with E-state index in [1.807, 2.05) is 18.2 Å². The van der Waals surface area contributed by atoms with E-state index in [9.17, 15) is 0 Å². The second-order valence-corrected chi connectivity index (χ2v) is 4.28. The van der Waals surface area contributed by atoms with Crippen molar-refractivity contribution in [3.63, 3.8) is 0 Å². The Morgan fingerprint density at radius 1 is 0.667 bits per heavy atom. The van der Waals surface area contributed by atoms with Gasteiger partial charge in [0.25, 0.3) is 0 Å². The van der Waals surface area contributed by atoms with Crippen LogP contribution < -0.4 is 0 Å². The fourth-order valence-corrected chi connectivity index (χ4v) is 2.35. The van der Waals surface area contributed by atoms with Gasteiger partial charge in [0.05, 0.1) is 0 Å². The summed E-state index contributed by atoms with van der Waals surface area (Å²) >= 11 is 0. The molecule has 0 N–H and O–H groups in total. The third-order valence-corrected chi connectivity index (χ3v) is 3.22. The molecule has 0 amide bonds. The molecular formula is C18H13. The molecule has 1 radical (unpaired) electrons. The van der Waals surface area contributed by atoms with E-state index in [0.29, 0.717) is 0 Å². The van der Waals surface area contributed by atoms with Crippen molar-refractivity contribution in [3.8, 4) is 11.1 Å². The van der Waals surface area contributed by atoms with E-state index < -0.39 is 0 Å². The summed E-state index contributed by atoms with van der Waals surface area (Å²) in [5, 5.41) is 2.51. The maximum atomic E-state index is 5.71. The highest BCUT2D eigenvalue weighted by Gasteiger charge is 2.05. The normalized spacial score (nSPS) is 10.4. The number of hydrogen-bond donors (Lipinski definition) is 0. The first-order valence-electron chi connectivity index (χ1n) is 6.02. The van der Waals surface area contributed by atoms with Gasteiger partial charge in [-0.25, -0.2) is 0 Å². The maximum absolute atomic E-state index is 5.71. The first-order valence-corrected chi connectivity index (χ1v) is 6.02. The van der Waals surface area contributed by atoms with E-state index in [4.69, 9.17) is 6.58 Å². The molecule has 0 atom stereocenters. The fraction of sp³-hybridized carbons (Fsp3) is 0. The van der Waals surface area contributed by atoms with Crippen molar-refractivity contribution >= 4 is 16.8 Å². The van der Waals surface area contributed by atoms with Crippen molar-refractivity contribution in [3.05, 3.63) is 78.9 Å². The van der Waals surface area contributed by atoms with Crippen molar-refractivity contribution in [2.75, 3.05) is 0 Å². The van der Waals surface area contributed by atoms with E-state index in [1.54, 1.807) is 6.08 Å². The number of rotatable bonds is 2. The van der Waals surface area contributed by atoms with Crippen LogP contribution in [0.15, 0.2) is 66.7 Å². The summed E-state index contributed by atoms with van der Waals surface area (Å²) in [6, 6.07) is 23.0. The lowest BCUT2D eigenvalue weighted by Gasteiger charge is -2.09. The summed E-state index contributed by atoms with van der Waals surface area (Å²) in [4.78, 5) is 0. The second-order valence-electron chi connectivity index (χ2n) is 4.28. The first-order chi connectivity index (χ1) is 8.90. The van der Waals surface area contributed by atoms with Crippen molar-refractivity contribution in [2.45, 2.75) is 0 Å². The molecule has 0 aliphatic carbocycles. The second kappa shape index (κ2) is 4.50. The number of hydrogen-bond acceptors (Lipinski definition) is 0. The Labute approximate surface area is 107 Å². The summed E-state index contributed by atoms with van der Waals surface area (Å²) in [5.74, 6) is 0. The molecule has 0 fully saturated rings. The monoisotopic (exact) mass is 229 g/mol. The average molecular weight is 229 g/mol. The van der Waals surface area contributed by atoms with Crippen LogP contribution in [0.25, 0.3) is 28.0 Å². The molecule has 0 aromatic heterocycles. The Morgan fingerprint density at radius 3 is 2.22 bits per heavy atom. The van der Waals surface area contributed by atoms with E-state index in [1.165, 1.54) is 21.9 Å². The predicted molar refractivity (Wildman–Crippen MR) is 78.1 cm³/mol. The highest BCUT2D eigenvalue weighted by Crippen LogP contribution is 2.31. The van der Waals surface area contributed by atoms with Gasteiger partial charge in [0.2, 0.25) is 0 Å². The lowest BCUT2D eigenvalue weighted by Crippen LogP contribution is -1.84. The molecule has 85 valence electrons. The zero-order valence-electron chi connectivity index (χ0n) is 10.0. The smallest absolute Gasteiger partial charge is 0.00994 e. The molecule has 0 aliphatic heterocycles. The molecule has 0 saturated heterocycles. The van der Waals surface area contributed by atoms with Crippen LogP contribution in [0.2, 0.25) is 0 Å². The van der Waals surface area contributed by atoms with Gasteiger partial charge in [-0.15, -0.1) is 0 Å². The molecule has 0 bridgehead atoms. The Bertz CT molecular complexity index is 703. The van der Waals surface area contributed by atoms with Crippen LogP contribution >= 0.6 is 0 Å². The molecule has 3 aromatic carbocycles. The van der Waals surface area contributed by atoms with E-state index >= 15 is 0 Å². The van der Waals surface area contributed by atoms with Crippen LogP contribution in [0.3, 0.4) is 0 Å². The Hall–Kier alpha value is -2.34. The van der Waals surface area contributed by atoms with Gasteiger partial charge in [-0.3, -0.25) is 0 Å². The van der Waals surface area contributed by atoms with Gasteiger partial charge in [0.1, 0.15) is 0 Å². The zero-order chi connectivity index (χ0) is 12.4. The molecule has 0 nitrogen and oxygen atoms in total. The van der Waals surface area contributed by atoms with Crippen LogP contribution in [0.4, 0.5) is 0 Å². The molecular weight excluding hydrogens is 216 g/mol. The van der Waals surface area contributed by atoms with Gasteiger partial charge in [0.15, 0.2) is 0 Å². The van der Waals surface area contributed by atoms with E-state index in [0.717, 1.165) is 5.56 Å². The minimum atomic E-state index is 1.06. The van der Waals surface area contributed by atoms with Crippen LogP contribution in [0.1, 0.15) is 5.56 Å². The molecule has 0 heterocycles. The lowest BCUT2D eigenvalue weighted by molar-refractivity contribution is 1.62. The van der Waals surface area contributed by atoms with Gasteiger partial charge in [0, 0.05) is 0 Å². The Morgan fingerprint density at radius 2 is 1.33 bits per heavy atom. The van der Waals surface area contributed by atoms with E-state index in [2.05, 4.69) is 48.5 Å². The van der Waals surface area contributed by atoms with Gasteiger partial charge >= 0.3 is 0 Å². The molecule has 3 rings (SSSR count). The van der Waals surface area contributed by atoms with Gasteiger partial charge in [-0.05, 0) is 27.5 Å². The largest absolute Gasteiger partial charge is 0.0616 e. The SMILES string of the molecule is [CH]=Cc1ccccc1-c1cccc2ccccc12. The summed E-state index contributed by atoms with van der Waals surface area (Å²) < 4.78 is 0. The fourth-order valence-electron chi connectivity index (χ4n) is 2.35. The molecule has 0 saturated carbocycles. The van der Waals surface area contributed by atoms with Crippen molar-refractivity contribution in [2.24, 2.45) is 0 Å². The Balaban J connectivity index is 2.35. The van der Waals surface area contributed by atoms with Crippen molar-refractivity contribution in [1.82, 2.24) is 0 Å². The first kappa shape index (κ1) is 10.8. The van der Waals surface area contributed by atoms with Gasteiger partial charge in [-0.2, -0.15) is 0 Å². The summed E-state index contributed by atoms with van der Waals surface area (Å²) in [5.41, 5.74) is 3.47. The summed E-state index contributed by atoms with van der Waals surface area (Å²) in [7, 11) is 0. The third-order valence-electron chi connectivity index (χ3n) is 3.22. The zero-order valence-corrected chi connectivity index (χ0v) is 10.0. The number of benzene rings is 3. The van der Waals surface area contributed by atoms with Gasteiger partial charge in [-0.1, -0.05) is 79.4 Å². The molecule has 0 unspecified atom stereocenters. The molecule has 0 spiro atoms. The minimum absolute atomic E-state index is 1.06. The van der Waals surface area contributed by atoms with E-state index in [-0.39, 0.29) is 0 Å². The minimum Gasteiger partial charge on any atom is -0.0616 e. The van der Waals surface area contributed by atoms with Crippen LogP contribution in [-0.2, 0) is 0 Å². The van der Waals surface area contributed by atoms with Crippen LogP contribution in [-0.4, -0.2) is 0 Å². The van der Waals surface area contributed by atoms with Crippen LogP contribution in [0, 0.1) is 6.58 Å². The summed E-state index contributed by atoms with van der Waals surface area (Å²) in [6.45, 7) is 5.71. The molecule has 18 heavy (non-hydrogen) atoms. The molecule has 0 aliphatic rings. The van der Waals surface area contributed by atoms with Crippen LogP contribution in [0.5, 0.6) is 0 Å². The maximum Gasteiger partial charge on any atom is -0.00994 e. The molecule has 0 heteroatoms. The highest BCUT2D eigenvalue weighted by atomic mass is 14.1. The standard InChI is InChI=1S/C18H13/c1-2-14-8-3-5-11-16(14)18-13-7-10-15-9-4-6-12-17(15)18/h1-13H.